The molecule has 34 heavy (non-hydrogen) atoms. The molecule has 0 radical (unpaired) electrons. The van der Waals surface area contributed by atoms with E-state index < -0.39 is 0 Å². The maximum Gasteiger partial charge on any atom is 0.182 e. The van der Waals surface area contributed by atoms with E-state index in [1.54, 1.807) is 6.20 Å². The molecular weight excluding hydrogens is 420 g/mol. The lowest BCUT2D eigenvalue weighted by molar-refractivity contribution is 0.418. The van der Waals surface area contributed by atoms with Crippen LogP contribution in [0.5, 0.6) is 11.5 Å². The van der Waals surface area contributed by atoms with Crippen LogP contribution in [-0.4, -0.2) is 19.9 Å². The van der Waals surface area contributed by atoms with Crippen molar-refractivity contribution in [3.05, 3.63) is 108 Å². The van der Waals surface area contributed by atoms with Crippen molar-refractivity contribution in [3.63, 3.8) is 0 Å². The molecule has 0 saturated heterocycles. The van der Waals surface area contributed by atoms with Crippen LogP contribution in [0.1, 0.15) is 25.0 Å². The molecule has 0 atom stereocenters. The van der Waals surface area contributed by atoms with Crippen molar-refractivity contribution >= 4 is 0 Å². The molecule has 0 unspecified atom stereocenters. The summed E-state index contributed by atoms with van der Waals surface area (Å²) in [6, 6.07) is 29.9. The van der Waals surface area contributed by atoms with Gasteiger partial charge in [-0.15, -0.1) is 0 Å². The van der Waals surface area contributed by atoms with Crippen LogP contribution in [0.4, 0.5) is 0 Å². The molecule has 6 rings (SSSR count). The molecule has 1 aliphatic heterocycles. The quantitative estimate of drug-likeness (QED) is 0.311. The molecule has 0 aliphatic carbocycles. The highest BCUT2D eigenvalue weighted by molar-refractivity contribution is 5.73. The molecule has 5 nitrogen and oxygen atoms in total. The summed E-state index contributed by atoms with van der Waals surface area (Å²) in [6.07, 6.45) is 1.75. The first-order chi connectivity index (χ1) is 16.6. The number of hydrogen-bond acceptors (Lipinski definition) is 5. The van der Waals surface area contributed by atoms with Gasteiger partial charge in [0.15, 0.2) is 17.5 Å². The fraction of sp³-hybridized carbons (Fsp3) is 0.103. The van der Waals surface area contributed by atoms with Crippen LogP contribution < -0.4 is 4.74 Å². The van der Waals surface area contributed by atoms with E-state index in [0.29, 0.717) is 23.2 Å². The standard InChI is InChI=1S/C29H22N4O/c1-29(2)21-14-6-7-16-23(21)34-24-17-10-13-20(25(24)29)27-31-26(19-11-4-3-5-12-19)32-28(33-27)22-15-8-9-18-30-22/h3-18H,1-2H3. The van der Waals surface area contributed by atoms with Gasteiger partial charge in [0.1, 0.15) is 17.2 Å². The highest BCUT2D eigenvalue weighted by Gasteiger charge is 2.37. The van der Waals surface area contributed by atoms with Crippen LogP contribution in [0, 0.1) is 0 Å². The Hall–Kier alpha value is -4.38. The summed E-state index contributed by atoms with van der Waals surface area (Å²) in [6.45, 7) is 4.44. The number of fused-ring (bicyclic) bond motifs is 2. The molecule has 3 heterocycles. The molecule has 1 aliphatic rings. The van der Waals surface area contributed by atoms with Crippen molar-refractivity contribution in [1.29, 1.82) is 0 Å². The van der Waals surface area contributed by atoms with E-state index in [4.69, 9.17) is 19.7 Å². The van der Waals surface area contributed by atoms with Crippen LogP contribution in [-0.2, 0) is 5.41 Å². The molecule has 2 aromatic heterocycles. The van der Waals surface area contributed by atoms with Gasteiger partial charge in [-0.05, 0) is 24.3 Å². The average molecular weight is 443 g/mol. The minimum absolute atomic E-state index is 0.300. The van der Waals surface area contributed by atoms with Crippen molar-refractivity contribution < 1.29 is 4.74 Å². The third kappa shape index (κ3) is 3.33. The van der Waals surface area contributed by atoms with Gasteiger partial charge in [0, 0.05) is 33.9 Å². The highest BCUT2D eigenvalue weighted by Crippen LogP contribution is 2.50. The van der Waals surface area contributed by atoms with Crippen LogP contribution >= 0.6 is 0 Å². The molecule has 0 N–H and O–H groups in total. The van der Waals surface area contributed by atoms with Crippen molar-refractivity contribution in [1.82, 2.24) is 19.9 Å². The maximum absolute atomic E-state index is 6.32. The van der Waals surface area contributed by atoms with E-state index >= 15 is 0 Å². The Morgan fingerprint density at radius 1 is 0.618 bits per heavy atom. The Morgan fingerprint density at radius 2 is 1.32 bits per heavy atom. The van der Waals surface area contributed by atoms with E-state index in [1.807, 2.05) is 78.9 Å². The molecule has 5 aromatic rings. The minimum atomic E-state index is -0.300. The van der Waals surface area contributed by atoms with Crippen LogP contribution in [0.2, 0.25) is 0 Å². The van der Waals surface area contributed by atoms with Gasteiger partial charge < -0.3 is 4.74 Å². The average Bonchev–Trinajstić information content (AvgIpc) is 2.89. The zero-order valence-corrected chi connectivity index (χ0v) is 18.9. The lowest BCUT2D eigenvalue weighted by Crippen LogP contribution is -2.25. The summed E-state index contributed by atoms with van der Waals surface area (Å²) in [5, 5.41) is 0. The third-order valence-corrected chi connectivity index (χ3v) is 6.23. The summed E-state index contributed by atoms with van der Waals surface area (Å²) < 4.78 is 6.32. The van der Waals surface area contributed by atoms with Gasteiger partial charge in [0.05, 0.1) is 0 Å². The molecule has 0 fully saturated rings. The first-order valence-electron chi connectivity index (χ1n) is 11.3. The Kier molecular flexibility index (Phi) is 4.69. The predicted molar refractivity (Wildman–Crippen MR) is 133 cm³/mol. The number of hydrogen-bond donors (Lipinski definition) is 0. The van der Waals surface area contributed by atoms with Crippen molar-refractivity contribution in [2.24, 2.45) is 0 Å². The molecule has 5 heteroatoms. The lowest BCUT2D eigenvalue weighted by Gasteiger charge is -2.35. The summed E-state index contributed by atoms with van der Waals surface area (Å²) in [5.41, 5.74) is 4.45. The second-order valence-electron chi connectivity index (χ2n) is 8.79. The van der Waals surface area contributed by atoms with E-state index in [2.05, 4.69) is 31.0 Å². The molecule has 164 valence electrons. The SMILES string of the molecule is CC1(C)c2ccccc2Oc2cccc(-c3nc(-c4ccccc4)nc(-c4ccccn4)n3)c21. The van der Waals surface area contributed by atoms with Crippen LogP contribution in [0.3, 0.4) is 0 Å². The molecule has 0 spiro atoms. The van der Waals surface area contributed by atoms with Gasteiger partial charge in [-0.1, -0.05) is 80.6 Å². The van der Waals surface area contributed by atoms with E-state index in [9.17, 15) is 0 Å². The van der Waals surface area contributed by atoms with Gasteiger partial charge in [0.25, 0.3) is 0 Å². The summed E-state index contributed by atoms with van der Waals surface area (Å²) in [7, 11) is 0. The highest BCUT2D eigenvalue weighted by atomic mass is 16.5. The van der Waals surface area contributed by atoms with Crippen molar-refractivity contribution in [2.45, 2.75) is 19.3 Å². The second-order valence-corrected chi connectivity index (χ2v) is 8.79. The van der Waals surface area contributed by atoms with Gasteiger partial charge in [-0.3, -0.25) is 4.98 Å². The Bertz CT molecular complexity index is 1440. The minimum Gasteiger partial charge on any atom is -0.457 e. The zero-order valence-electron chi connectivity index (χ0n) is 18.9. The predicted octanol–water partition coefficient (Wildman–Crippen LogP) is 6.70. The van der Waals surface area contributed by atoms with E-state index in [0.717, 1.165) is 33.8 Å². The summed E-state index contributed by atoms with van der Waals surface area (Å²) in [5.74, 6) is 3.45. The monoisotopic (exact) mass is 442 g/mol. The van der Waals surface area contributed by atoms with Crippen LogP contribution in [0.15, 0.2) is 97.2 Å². The van der Waals surface area contributed by atoms with Gasteiger partial charge in [-0.2, -0.15) is 0 Å². The fourth-order valence-corrected chi connectivity index (χ4v) is 4.59. The number of pyridine rings is 1. The smallest absolute Gasteiger partial charge is 0.182 e. The Labute approximate surface area is 198 Å². The first-order valence-corrected chi connectivity index (χ1v) is 11.3. The maximum atomic E-state index is 6.32. The summed E-state index contributed by atoms with van der Waals surface area (Å²) >= 11 is 0. The normalized spacial score (nSPS) is 13.5. The lowest BCUT2D eigenvalue weighted by atomic mass is 9.73. The molecular formula is C29H22N4O. The number of rotatable bonds is 3. The number of para-hydroxylation sites is 1. The number of benzene rings is 3. The molecule has 0 amide bonds. The zero-order chi connectivity index (χ0) is 23.1. The largest absolute Gasteiger partial charge is 0.457 e. The van der Waals surface area contributed by atoms with Crippen molar-refractivity contribution in [3.8, 4) is 45.8 Å². The van der Waals surface area contributed by atoms with Crippen molar-refractivity contribution in [2.75, 3.05) is 0 Å². The van der Waals surface area contributed by atoms with E-state index in [-0.39, 0.29) is 5.41 Å². The van der Waals surface area contributed by atoms with Crippen LogP contribution in [0.25, 0.3) is 34.3 Å². The Morgan fingerprint density at radius 3 is 2.15 bits per heavy atom. The molecule has 3 aromatic carbocycles. The van der Waals surface area contributed by atoms with Gasteiger partial charge in [0.2, 0.25) is 0 Å². The number of aromatic nitrogens is 4. The fourth-order valence-electron chi connectivity index (χ4n) is 4.59. The number of ether oxygens (including phenoxy) is 1. The third-order valence-electron chi connectivity index (χ3n) is 6.23. The molecule has 0 saturated carbocycles. The van der Waals surface area contributed by atoms with E-state index in [1.165, 1.54) is 0 Å². The second kappa shape index (κ2) is 7.89. The van der Waals surface area contributed by atoms with Gasteiger partial charge >= 0.3 is 0 Å². The Balaban J connectivity index is 1.60. The molecule has 0 bridgehead atoms. The first kappa shape index (κ1) is 20.2. The van der Waals surface area contributed by atoms with Gasteiger partial charge in [-0.25, -0.2) is 15.0 Å². The number of nitrogens with zero attached hydrogens (tertiary/aromatic N) is 4. The summed E-state index contributed by atoms with van der Waals surface area (Å²) in [4.78, 5) is 19.1. The topological polar surface area (TPSA) is 60.8 Å².